The number of rotatable bonds is 3. The Morgan fingerprint density at radius 3 is 2.58 bits per heavy atom. The number of nitrogens with one attached hydrogen (secondary N) is 1. The molecule has 1 aliphatic carbocycles. The van der Waals surface area contributed by atoms with Crippen LogP contribution in [0.4, 0.5) is 0 Å². The van der Waals surface area contributed by atoms with E-state index in [0.717, 1.165) is 19.3 Å². The Labute approximate surface area is 116 Å². The molecule has 3 rings (SSSR count). The lowest BCUT2D eigenvalue weighted by Crippen LogP contribution is -2.51. The van der Waals surface area contributed by atoms with Gasteiger partial charge < -0.3 is 5.32 Å². The van der Waals surface area contributed by atoms with E-state index >= 15 is 0 Å². The number of nitrogens with zero attached hydrogens (tertiary/aromatic N) is 1. The molecule has 5 heteroatoms. The van der Waals surface area contributed by atoms with Crippen molar-refractivity contribution in [3.8, 4) is 0 Å². The van der Waals surface area contributed by atoms with Gasteiger partial charge in [0.15, 0.2) is 9.84 Å². The van der Waals surface area contributed by atoms with Gasteiger partial charge in [0.1, 0.15) is 0 Å². The summed E-state index contributed by atoms with van der Waals surface area (Å²) in [6.07, 6.45) is 9.47. The number of piperidine rings is 1. The van der Waals surface area contributed by atoms with Gasteiger partial charge in [0.05, 0.1) is 5.25 Å². The number of fused-ring (bicyclic) bond motifs is 1. The van der Waals surface area contributed by atoms with Crippen LogP contribution in [0.3, 0.4) is 0 Å². The van der Waals surface area contributed by atoms with Crippen LogP contribution in [-0.2, 0) is 9.84 Å². The highest BCUT2D eigenvalue weighted by Gasteiger charge is 2.40. The van der Waals surface area contributed by atoms with Crippen LogP contribution in [0.2, 0.25) is 0 Å². The van der Waals surface area contributed by atoms with E-state index in [1.165, 1.54) is 45.0 Å². The lowest BCUT2D eigenvalue weighted by atomic mass is 9.98. The molecule has 0 bridgehead atoms. The monoisotopic (exact) mass is 286 g/mol. The second-order valence-electron chi connectivity index (χ2n) is 6.57. The second kappa shape index (κ2) is 5.34. The van der Waals surface area contributed by atoms with Gasteiger partial charge >= 0.3 is 0 Å². The molecular weight excluding hydrogens is 260 g/mol. The molecule has 3 aliphatic rings. The minimum absolute atomic E-state index is 0.148. The van der Waals surface area contributed by atoms with E-state index in [9.17, 15) is 8.42 Å². The summed E-state index contributed by atoms with van der Waals surface area (Å²) in [5.41, 5.74) is 0. The van der Waals surface area contributed by atoms with Gasteiger partial charge in [-0.2, -0.15) is 0 Å². The Morgan fingerprint density at radius 1 is 0.947 bits per heavy atom. The van der Waals surface area contributed by atoms with Crippen molar-refractivity contribution in [2.45, 2.75) is 68.3 Å². The van der Waals surface area contributed by atoms with Crippen LogP contribution >= 0.6 is 0 Å². The van der Waals surface area contributed by atoms with Crippen LogP contribution in [0.1, 0.15) is 44.9 Å². The zero-order valence-corrected chi connectivity index (χ0v) is 12.7. The maximum atomic E-state index is 11.9. The number of sulfone groups is 1. The molecule has 4 atom stereocenters. The van der Waals surface area contributed by atoms with Crippen LogP contribution in [0.15, 0.2) is 0 Å². The zero-order chi connectivity index (χ0) is 13.5. The van der Waals surface area contributed by atoms with Crippen LogP contribution < -0.4 is 5.32 Å². The first-order chi connectivity index (χ1) is 9.05. The van der Waals surface area contributed by atoms with E-state index < -0.39 is 9.84 Å². The third-order valence-electron chi connectivity index (χ3n) is 5.29. The standard InChI is InChI=1S/C14H26N2O2S/c1-19(17,18)14-7-4-5-12(14)15-11-8-10-16-9-3-2-6-13(11)16/h11-15H,2-10H2,1H3. The lowest BCUT2D eigenvalue weighted by molar-refractivity contribution is 0.176. The molecular formula is C14H26N2O2S. The van der Waals surface area contributed by atoms with E-state index in [1.54, 1.807) is 0 Å². The van der Waals surface area contributed by atoms with E-state index in [-0.39, 0.29) is 11.3 Å². The average Bonchev–Trinajstić information content (AvgIpc) is 2.97. The Balaban J connectivity index is 1.65. The SMILES string of the molecule is CS(=O)(=O)C1CCCC1NC1CCN2CCCCC12. The van der Waals surface area contributed by atoms with E-state index in [0.29, 0.717) is 12.1 Å². The summed E-state index contributed by atoms with van der Waals surface area (Å²) in [7, 11) is -2.90. The van der Waals surface area contributed by atoms with Crippen molar-refractivity contribution in [1.82, 2.24) is 10.2 Å². The maximum Gasteiger partial charge on any atom is 0.151 e. The fourth-order valence-electron chi connectivity index (χ4n) is 4.35. The molecule has 0 amide bonds. The van der Waals surface area contributed by atoms with Gasteiger partial charge in [-0.05, 0) is 38.6 Å². The van der Waals surface area contributed by atoms with Gasteiger partial charge in [-0.1, -0.05) is 12.8 Å². The van der Waals surface area contributed by atoms with Crippen LogP contribution in [0.5, 0.6) is 0 Å². The summed E-state index contributed by atoms with van der Waals surface area (Å²) in [6.45, 7) is 2.43. The van der Waals surface area contributed by atoms with E-state index in [2.05, 4.69) is 10.2 Å². The van der Waals surface area contributed by atoms with Gasteiger partial charge in [-0.25, -0.2) is 8.42 Å². The third-order valence-corrected chi connectivity index (χ3v) is 6.95. The second-order valence-corrected chi connectivity index (χ2v) is 8.83. The van der Waals surface area contributed by atoms with E-state index in [1.807, 2.05) is 0 Å². The largest absolute Gasteiger partial charge is 0.308 e. The summed E-state index contributed by atoms with van der Waals surface area (Å²) in [6, 6.07) is 1.38. The average molecular weight is 286 g/mol. The Kier molecular flexibility index (Phi) is 3.89. The minimum Gasteiger partial charge on any atom is -0.308 e. The first-order valence-electron chi connectivity index (χ1n) is 7.74. The van der Waals surface area contributed by atoms with Crippen LogP contribution in [0, 0.1) is 0 Å². The van der Waals surface area contributed by atoms with E-state index in [4.69, 9.17) is 0 Å². The molecule has 0 spiro atoms. The van der Waals surface area contributed by atoms with Gasteiger partial charge in [0, 0.05) is 30.9 Å². The highest BCUT2D eigenvalue weighted by molar-refractivity contribution is 7.91. The summed E-state index contributed by atoms with van der Waals surface area (Å²) >= 11 is 0. The van der Waals surface area contributed by atoms with Crippen molar-refractivity contribution < 1.29 is 8.42 Å². The minimum atomic E-state index is -2.90. The van der Waals surface area contributed by atoms with Crippen LogP contribution in [-0.4, -0.2) is 56.0 Å². The predicted molar refractivity (Wildman–Crippen MR) is 77.0 cm³/mol. The molecule has 2 aliphatic heterocycles. The van der Waals surface area contributed by atoms with Gasteiger partial charge in [0.25, 0.3) is 0 Å². The van der Waals surface area contributed by atoms with Crippen molar-refractivity contribution in [3.05, 3.63) is 0 Å². The first kappa shape index (κ1) is 13.8. The highest BCUT2D eigenvalue weighted by atomic mass is 32.2. The summed E-state index contributed by atoms with van der Waals surface area (Å²) < 4.78 is 23.7. The molecule has 19 heavy (non-hydrogen) atoms. The summed E-state index contributed by atoms with van der Waals surface area (Å²) in [5, 5.41) is 3.56. The molecule has 2 heterocycles. The van der Waals surface area contributed by atoms with Crippen molar-refractivity contribution in [3.63, 3.8) is 0 Å². The fraction of sp³-hybridized carbons (Fsp3) is 1.00. The van der Waals surface area contributed by atoms with Crippen molar-refractivity contribution in [2.24, 2.45) is 0 Å². The molecule has 1 N–H and O–H groups in total. The molecule has 2 saturated heterocycles. The van der Waals surface area contributed by atoms with Gasteiger partial charge in [-0.15, -0.1) is 0 Å². The molecule has 0 aromatic rings. The molecule has 110 valence electrons. The zero-order valence-electron chi connectivity index (χ0n) is 11.8. The Morgan fingerprint density at radius 2 is 1.79 bits per heavy atom. The first-order valence-corrected chi connectivity index (χ1v) is 9.70. The molecule has 0 aromatic carbocycles. The predicted octanol–water partition coefficient (Wildman–Crippen LogP) is 1.17. The van der Waals surface area contributed by atoms with Crippen molar-refractivity contribution in [1.29, 1.82) is 0 Å². The normalized spacial score (nSPS) is 40.5. The summed E-state index contributed by atoms with van der Waals surface area (Å²) in [4.78, 5) is 2.60. The van der Waals surface area contributed by atoms with Crippen molar-refractivity contribution >= 4 is 9.84 Å². The maximum absolute atomic E-state index is 11.9. The quantitative estimate of drug-likeness (QED) is 0.846. The molecule has 3 fully saturated rings. The highest BCUT2D eigenvalue weighted by Crippen LogP contribution is 2.31. The lowest BCUT2D eigenvalue weighted by Gasteiger charge is -2.34. The fourth-order valence-corrected chi connectivity index (χ4v) is 5.75. The molecule has 0 aromatic heterocycles. The van der Waals surface area contributed by atoms with Gasteiger partial charge in [-0.3, -0.25) is 4.90 Å². The smallest absolute Gasteiger partial charge is 0.151 e. The molecule has 4 unspecified atom stereocenters. The van der Waals surface area contributed by atoms with Gasteiger partial charge in [0.2, 0.25) is 0 Å². The summed E-state index contributed by atoms with van der Waals surface area (Å²) in [5.74, 6) is 0. The molecule has 1 saturated carbocycles. The number of hydrogen-bond acceptors (Lipinski definition) is 4. The van der Waals surface area contributed by atoms with Crippen LogP contribution in [0.25, 0.3) is 0 Å². The third kappa shape index (κ3) is 2.83. The number of hydrogen-bond donors (Lipinski definition) is 1. The Bertz CT molecular complexity index is 423. The molecule has 0 radical (unpaired) electrons. The van der Waals surface area contributed by atoms with Crippen molar-refractivity contribution in [2.75, 3.05) is 19.3 Å². The molecule has 4 nitrogen and oxygen atoms in total. The Hall–Kier alpha value is -0.130. The topological polar surface area (TPSA) is 49.4 Å².